The van der Waals surface area contributed by atoms with Crippen LogP contribution in [-0.2, 0) is 25.0 Å². The zero-order valence-corrected chi connectivity index (χ0v) is 24.6. The molecular weight excluding hydrogens is 557 g/mol. The number of amides is 1. The fourth-order valence-electron chi connectivity index (χ4n) is 3.62. The van der Waals surface area contributed by atoms with Gasteiger partial charge in [0.1, 0.15) is 14.7 Å². The molecule has 2 heterocycles. The van der Waals surface area contributed by atoms with Crippen molar-refractivity contribution in [2.24, 2.45) is 5.84 Å². The minimum absolute atomic E-state index is 0. The van der Waals surface area contributed by atoms with E-state index in [0.29, 0.717) is 48.7 Å². The molecule has 1 aromatic carbocycles. The minimum atomic E-state index is -4.91. The van der Waals surface area contributed by atoms with Crippen LogP contribution in [0.4, 0.5) is 5.69 Å². The van der Waals surface area contributed by atoms with Gasteiger partial charge in [-0.05, 0) is 44.0 Å². The van der Waals surface area contributed by atoms with Crippen LogP contribution in [-0.4, -0.2) is 44.9 Å². The Morgan fingerprint density at radius 2 is 1.81 bits per heavy atom. The monoisotopic (exact) mass is 583 g/mol. The first-order valence-electron chi connectivity index (χ1n) is 10.8. The molecule has 3 rings (SSSR count). The Balaban J connectivity index is 0.00000361. The van der Waals surface area contributed by atoms with Crippen LogP contribution in [0.3, 0.4) is 0 Å². The van der Waals surface area contributed by atoms with Crippen LogP contribution in [0.5, 0.6) is 0 Å². The molecule has 0 fully saturated rings. The Morgan fingerprint density at radius 3 is 2.41 bits per heavy atom. The largest absolute Gasteiger partial charge is 1.00 e. The maximum atomic E-state index is 12.7. The molecule has 0 saturated heterocycles. The summed E-state index contributed by atoms with van der Waals surface area (Å²) in [4.78, 5) is 24.8. The van der Waals surface area contributed by atoms with Gasteiger partial charge >= 0.3 is 45.3 Å². The van der Waals surface area contributed by atoms with Gasteiger partial charge in [-0.3, -0.25) is 19.3 Å². The van der Waals surface area contributed by atoms with E-state index in [4.69, 9.17) is 10.3 Å². The second-order valence-electron chi connectivity index (χ2n) is 7.84. The topological polar surface area (TPSA) is 197 Å². The summed E-state index contributed by atoms with van der Waals surface area (Å²) in [6, 6.07) is 7.03. The molecule has 0 aliphatic rings. The summed E-state index contributed by atoms with van der Waals surface area (Å²) in [5.41, 5.74) is 1.86. The number of anilines is 1. The summed E-state index contributed by atoms with van der Waals surface area (Å²) >= 11 is 0.320. The van der Waals surface area contributed by atoms with Gasteiger partial charge in [0.15, 0.2) is 0 Å². The third-order valence-electron chi connectivity index (χ3n) is 5.41. The maximum absolute atomic E-state index is 12.7. The van der Waals surface area contributed by atoms with Crippen molar-refractivity contribution in [3.8, 4) is 10.4 Å². The number of fused-ring (bicyclic) bond motifs is 1. The number of carbonyl (C=O) groups excluding carboxylic acids is 1. The third kappa shape index (κ3) is 7.84. The van der Waals surface area contributed by atoms with E-state index in [2.05, 4.69) is 10.3 Å². The number of nitrogens with zero attached hydrogens (tertiary/aromatic N) is 1. The Kier molecular flexibility index (Phi) is 10.9. The van der Waals surface area contributed by atoms with Gasteiger partial charge in [-0.25, -0.2) is 10.6 Å². The van der Waals surface area contributed by atoms with Crippen molar-refractivity contribution in [2.75, 3.05) is 18.0 Å². The van der Waals surface area contributed by atoms with Crippen LogP contribution < -0.4 is 51.4 Å². The molecule has 0 aliphatic carbocycles. The molecule has 0 unspecified atom stereocenters. The van der Waals surface area contributed by atoms with Crippen LogP contribution in [0.25, 0.3) is 21.4 Å². The molecule has 16 heteroatoms. The van der Waals surface area contributed by atoms with Crippen LogP contribution in [0.15, 0.2) is 48.6 Å². The number of nitrogens with two attached hydrogens (primary N) is 1. The van der Waals surface area contributed by atoms with E-state index in [9.17, 15) is 35.5 Å². The van der Waals surface area contributed by atoms with E-state index in [1.165, 1.54) is 6.07 Å². The van der Waals surface area contributed by atoms with Crippen molar-refractivity contribution in [1.29, 1.82) is 0 Å². The van der Waals surface area contributed by atoms with Gasteiger partial charge in [0.2, 0.25) is 5.91 Å². The Bertz CT molecular complexity index is 1560. The number of thiophene rings is 1. The standard InChI is InChI=1S/C21H25N3O9S3.Na.H/c1-2-24(9-5-3-4-6-18(25)23-22)14-8-7-13-10-15(21(26)33-16(13)11-14)20-17(35(27,28)29)12-19(34-20)36(30,31)32;;/h7-8,10-12H,2-6,9,22H2,1H3,(H,23,25)(H,27,28,29)(H,30,31,32);;/q;+1;-1. The second kappa shape index (κ2) is 12.8. The molecule has 0 saturated carbocycles. The van der Waals surface area contributed by atoms with E-state index in [0.717, 1.165) is 18.5 Å². The fraction of sp³-hybridized carbons (Fsp3) is 0.333. The summed E-state index contributed by atoms with van der Waals surface area (Å²) in [6.45, 7) is 3.33. The predicted octanol–water partition coefficient (Wildman–Crippen LogP) is -0.492. The average Bonchev–Trinajstić information content (AvgIpc) is 3.27. The first kappa shape index (κ1) is 31.4. The molecule has 198 valence electrons. The van der Waals surface area contributed by atoms with Crippen LogP contribution in [0.2, 0.25) is 0 Å². The molecule has 0 aliphatic heterocycles. The minimum Gasteiger partial charge on any atom is -1.00 e. The molecular formula is C21H26N3NaO9S3. The van der Waals surface area contributed by atoms with Crippen LogP contribution in [0, 0.1) is 0 Å². The molecule has 1 amide bonds. The number of carbonyl (C=O) groups is 1. The van der Waals surface area contributed by atoms with Gasteiger partial charge in [0.25, 0.3) is 10.1 Å². The van der Waals surface area contributed by atoms with E-state index in [1.54, 1.807) is 18.2 Å². The molecule has 3 aromatic rings. The van der Waals surface area contributed by atoms with Gasteiger partial charge in [-0.2, -0.15) is 16.8 Å². The fourth-order valence-corrected chi connectivity index (χ4v) is 6.55. The van der Waals surface area contributed by atoms with Crippen molar-refractivity contribution >= 4 is 54.1 Å². The van der Waals surface area contributed by atoms with Crippen molar-refractivity contribution in [1.82, 2.24) is 5.43 Å². The van der Waals surface area contributed by atoms with Gasteiger partial charge in [0.05, 0.1) is 10.4 Å². The summed E-state index contributed by atoms with van der Waals surface area (Å²) in [5.74, 6) is 4.85. The summed E-state index contributed by atoms with van der Waals surface area (Å²) in [7, 11) is -9.70. The number of rotatable bonds is 11. The first-order chi connectivity index (χ1) is 16.8. The van der Waals surface area contributed by atoms with Gasteiger partial charge in [-0.15, -0.1) is 11.3 Å². The Hall–Kier alpha value is -1.82. The van der Waals surface area contributed by atoms with Gasteiger partial charge in [0, 0.05) is 36.7 Å². The number of unbranched alkanes of at least 4 members (excludes halogenated alkanes) is 2. The SMILES string of the molecule is CCN(CCCCCC(=O)NN)c1ccc2cc(-c3sc(S(=O)(=O)O)cc3S(=O)(=O)O)c(=O)oc2c1.[H-].[Na+]. The maximum Gasteiger partial charge on any atom is 1.00 e. The Morgan fingerprint density at radius 1 is 1.11 bits per heavy atom. The van der Waals surface area contributed by atoms with Gasteiger partial charge < -0.3 is 10.7 Å². The molecule has 0 radical (unpaired) electrons. The molecule has 5 N–H and O–H groups in total. The van der Waals surface area contributed by atoms with E-state index >= 15 is 0 Å². The van der Waals surface area contributed by atoms with Crippen molar-refractivity contribution in [2.45, 2.75) is 41.7 Å². The van der Waals surface area contributed by atoms with Crippen molar-refractivity contribution in [3.05, 3.63) is 40.8 Å². The van der Waals surface area contributed by atoms with Crippen LogP contribution in [0.1, 0.15) is 34.0 Å². The molecule has 0 spiro atoms. The molecule has 12 nitrogen and oxygen atoms in total. The van der Waals surface area contributed by atoms with Crippen molar-refractivity contribution < 1.29 is 66.1 Å². The van der Waals surface area contributed by atoms with E-state index < -0.39 is 35.0 Å². The second-order valence-corrected chi connectivity index (χ2v) is 11.9. The summed E-state index contributed by atoms with van der Waals surface area (Å²) in [5, 5.41) is 0.431. The van der Waals surface area contributed by atoms with Gasteiger partial charge in [-0.1, -0.05) is 6.42 Å². The smallest absolute Gasteiger partial charge is 1.00 e. The quantitative estimate of drug-likeness (QED) is 0.0432. The predicted molar refractivity (Wildman–Crippen MR) is 135 cm³/mol. The number of hydrogen-bond donors (Lipinski definition) is 4. The molecule has 2 aromatic heterocycles. The van der Waals surface area contributed by atoms with E-state index in [-0.39, 0.29) is 52.9 Å². The zero-order chi connectivity index (χ0) is 26.7. The number of nitrogens with one attached hydrogen (secondary N) is 1. The normalized spacial score (nSPS) is 11.8. The third-order valence-corrected chi connectivity index (χ3v) is 8.89. The number of benzene rings is 1. The average molecular weight is 584 g/mol. The summed E-state index contributed by atoms with van der Waals surface area (Å²) in [6.07, 6.45) is 2.68. The molecule has 37 heavy (non-hydrogen) atoms. The number of hydrogen-bond acceptors (Lipinski definition) is 10. The first-order valence-corrected chi connectivity index (χ1v) is 14.5. The molecule has 0 bridgehead atoms. The van der Waals surface area contributed by atoms with Crippen molar-refractivity contribution in [3.63, 3.8) is 0 Å². The molecule has 0 atom stereocenters. The van der Waals surface area contributed by atoms with E-state index in [1.807, 2.05) is 6.92 Å². The number of hydrazine groups is 1. The summed E-state index contributed by atoms with van der Waals surface area (Å²) < 4.78 is 70.1. The van der Waals surface area contributed by atoms with Crippen LogP contribution >= 0.6 is 11.3 Å². The zero-order valence-electron chi connectivity index (χ0n) is 21.1. The Labute approximate surface area is 241 Å².